The molecule has 4 rings (SSSR count). The van der Waals surface area contributed by atoms with Crippen LogP contribution in [0.4, 0.5) is 11.4 Å². The second kappa shape index (κ2) is 7.68. The summed E-state index contributed by atoms with van der Waals surface area (Å²) >= 11 is 0. The van der Waals surface area contributed by atoms with Crippen molar-refractivity contribution >= 4 is 11.4 Å². The molecule has 2 heterocycles. The van der Waals surface area contributed by atoms with Crippen LogP contribution in [0, 0.1) is 0 Å². The summed E-state index contributed by atoms with van der Waals surface area (Å²) in [5, 5.41) is 3.42. The van der Waals surface area contributed by atoms with Crippen LogP contribution in [0.15, 0.2) is 60.8 Å². The zero-order valence-electron chi connectivity index (χ0n) is 15.6. The third-order valence-electron chi connectivity index (χ3n) is 4.32. The minimum Gasteiger partial charge on any atom is -0.486 e. The lowest BCUT2D eigenvalue weighted by Crippen LogP contribution is -2.15. The molecular formula is C22H23N3O2. The number of anilines is 2. The first-order valence-corrected chi connectivity index (χ1v) is 9.05. The number of hydrogen-bond acceptors (Lipinski definition) is 5. The Hall–Kier alpha value is -3.05. The predicted octanol–water partition coefficient (Wildman–Crippen LogP) is 4.33. The molecule has 1 aliphatic rings. The van der Waals surface area contributed by atoms with Crippen LogP contribution in [-0.4, -0.2) is 37.2 Å². The van der Waals surface area contributed by atoms with Crippen molar-refractivity contribution in [3.05, 3.63) is 66.4 Å². The van der Waals surface area contributed by atoms with Crippen molar-refractivity contribution < 1.29 is 9.47 Å². The van der Waals surface area contributed by atoms with Gasteiger partial charge in [0.1, 0.15) is 13.2 Å². The zero-order valence-corrected chi connectivity index (χ0v) is 15.6. The lowest BCUT2D eigenvalue weighted by molar-refractivity contribution is 0.172. The number of fused-ring (bicyclic) bond motifs is 1. The third-order valence-corrected chi connectivity index (χ3v) is 4.32. The number of nitrogens with one attached hydrogen (secondary N) is 1. The molecule has 3 aromatic rings. The van der Waals surface area contributed by atoms with E-state index in [0.717, 1.165) is 40.7 Å². The second-order valence-corrected chi connectivity index (χ2v) is 6.83. The largest absolute Gasteiger partial charge is 0.486 e. The minimum atomic E-state index is 0.562. The van der Waals surface area contributed by atoms with Crippen LogP contribution in [0.5, 0.6) is 11.5 Å². The van der Waals surface area contributed by atoms with E-state index in [1.54, 1.807) is 0 Å². The van der Waals surface area contributed by atoms with Gasteiger partial charge >= 0.3 is 0 Å². The highest BCUT2D eigenvalue weighted by atomic mass is 16.6. The van der Waals surface area contributed by atoms with Gasteiger partial charge in [-0.05, 0) is 56.1 Å². The van der Waals surface area contributed by atoms with E-state index in [4.69, 9.17) is 9.47 Å². The number of hydrogen-bond donors (Lipinski definition) is 1. The lowest BCUT2D eigenvalue weighted by Gasteiger charge is -2.20. The average Bonchev–Trinajstić information content (AvgIpc) is 2.68. The van der Waals surface area contributed by atoms with E-state index >= 15 is 0 Å². The normalized spacial score (nSPS) is 12.9. The number of nitrogens with zero attached hydrogens (tertiary/aromatic N) is 2. The molecule has 0 fully saturated rings. The van der Waals surface area contributed by atoms with Gasteiger partial charge in [-0.25, -0.2) is 0 Å². The van der Waals surface area contributed by atoms with Crippen LogP contribution >= 0.6 is 0 Å². The van der Waals surface area contributed by atoms with Gasteiger partial charge in [0.05, 0.1) is 17.6 Å². The summed E-state index contributed by atoms with van der Waals surface area (Å²) in [7, 11) is 4.14. The summed E-state index contributed by atoms with van der Waals surface area (Å²) < 4.78 is 11.5. The van der Waals surface area contributed by atoms with E-state index in [2.05, 4.69) is 53.6 Å². The number of rotatable bonds is 5. The summed E-state index contributed by atoms with van der Waals surface area (Å²) in [5.41, 5.74) is 5.08. The Labute approximate surface area is 159 Å². The molecule has 0 saturated heterocycles. The van der Waals surface area contributed by atoms with Crippen LogP contribution in [0.25, 0.3) is 11.3 Å². The predicted molar refractivity (Wildman–Crippen MR) is 108 cm³/mol. The summed E-state index contributed by atoms with van der Waals surface area (Å²) in [6, 6.07) is 18.3. The van der Waals surface area contributed by atoms with Gasteiger partial charge in [-0.2, -0.15) is 0 Å². The Kier molecular flexibility index (Phi) is 4.94. The minimum absolute atomic E-state index is 0.562. The molecule has 5 heteroatoms. The fourth-order valence-electron chi connectivity index (χ4n) is 3.18. The van der Waals surface area contributed by atoms with Crippen LogP contribution in [0.3, 0.4) is 0 Å². The first-order valence-electron chi connectivity index (χ1n) is 9.05. The Morgan fingerprint density at radius 1 is 0.963 bits per heavy atom. The molecule has 2 aromatic carbocycles. The average molecular weight is 361 g/mol. The summed E-state index contributed by atoms with van der Waals surface area (Å²) in [4.78, 5) is 6.77. The summed E-state index contributed by atoms with van der Waals surface area (Å²) in [6.07, 6.45) is 1.84. The summed E-state index contributed by atoms with van der Waals surface area (Å²) in [5.74, 6) is 1.55. The second-order valence-electron chi connectivity index (χ2n) is 6.83. The van der Waals surface area contributed by atoms with E-state index in [1.807, 2.05) is 36.5 Å². The van der Waals surface area contributed by atoms with Crippen LogP contribution in [0.1, 0.15) is 5.56 Å². The van der Waals surface area contributed by atoms with E-state index in [0.29, 0.717) is 13.2 Å². The molecule has 0 bridgehead atoms. The molecule has 1 N–H and O–H groups in total. The standard InChI is InChI=1S/C22H23N3O2/c1-25(2)15-16-5-3-6-17(13-16)24-18-9-10-20(23-14-18)19-7-4-8-21-22(19)27-12-11-26-21/h3-10,13-14,24H,11-12,15H2,1-2H3. The van der Waals surface area contributed by atoms with Crippen molar-refractivity contribution in [1.29, 1.82) is 0 Å². The van der Waals surface area contributed by atoms with E-state index in [-0.39, 0.29) is 0 Å². The van der Waals surface area contributed by atoms with Crippen molar-refractivity contribution in [2.75, 3.05) is 32.6 Å². The number of pyridine rings is 1. The van der Waals surface area contributed by atoms with Crippen LogP contribution in [-0.2, 0) is 6.54 Å². The number of benzene rings is 2. The molecule has 0 spiro atoms. The fraction of sp³-hybridized carbons (Fsp3) is 0.227. The van der Waals surface area contributed by atoms with Gasteiger partial charge in [0, 0.05) is 17.8 Å². The molecule has 0 unspecified atom stereocenters. The molecule has 1 aromatic heterocycles. The molecule has 27 heavy (non-hydrogen) atoms. The first-order chi connectivity index (χ1) is 13.2. The van der Waals surface area contributed by atoms with Crippen LogP contribution < -0.4 is 14.8 Å². The lowest BCUT2D eigenvalue weighted by atomic mass is 10.1. The van der Waals surface area contributed by atoms with Gasteiger partial charge < -0.3 is 19.7 Å². The van der Waals surface area contributed by atoms with Crippen molar-refractivity contribution in [3.63, 3.8) is 0 Å². The first kappa shape index (κ1) is 17.4. The summed E-state index contributed by atoms with van der Waals surface area (Å²) in [6.45, 7) is 2.06. The molecule has 138 valence electrons. The maximum atomic E-state index is 5.80. The Morgan fingerprint density at radius 3 is 2.63 bits per heavy atom. The van der Waals surface area contributed by atoms with Crippen molar-refractivity contribution in [2.24, 2.45) is 0 Å². The van der Waals surface area contributed by atoms with E-state index in [1.165, 1.54) is 5.56 Å². The fourth-order valence-corrected chi connectivity index (χ4v) is 3.18. The quantitative estimate of drug-likeness (QED) is 0.733. The molecule has 0 radical (unpaired) electrons. The van der Waals surface area contributed by atoms with Gasteiger partial charge in [0.2, 0.25) is 0 Å². The van der Waals surface area contributed by atoms with Crippen LogP contribution in [0.2, 0.25) is 0 Å². The van der Waals surface area contributed by atoms with Crippen molar-refractivity contribution in [2.45, 2.75) is 6.54 Å². The van der Waals surface area contributed by atoms with Gasteiger partial charge in [0.15, 0.2) is 11.5 Å². The molecule has 0 saturated carbocycles. The molecule has 0 amide bonds. The van der Waals surface area contributed by atoms with E-state index < -0.39 is 0 Å². The third kappa shape index (κ3) is 4.04. The SMILES string of the molecule is CN(C)Cc1cccc(Nc2ccc(-c3cccc4c3OCCO4)nc2)c1. The monoisotopic (exact) mass is 361 g/mol. The Balaban J connectivity index is 1.53. The number of ether oxygens (including phenoxy) is 2. The maximum absolute atomic E-state index is 5.80. The zero-order chi connectivity index (χ0) is 18.6. The van der Waals surface area contributed by atoms with Gasteiger partial charge in [0.25, 0.3) is 0 Å². The highest BCUT2D eigenvalue weighted by Gasteiger charge is 2.17. The molecule has 0 aliphatic carbocycles. The van der Waals surface area contributed by atoms with Gasteiger partial charge in [-0.3, -0.25) is 4.98 Å². The highest BCUT2D eigenvalue weighted by Crippen LogP contribution is 2.39. The van der Waals surface area contributed by atoms with E-state index in [9.17, 15) is 0 Å². The van der Waals surface area contributed by atoms with Gasteiger partial charge in [-0.1, -0.05) is 18.2 Å². The highest BCUT2D eigenvalue weighted by molar-refractivity contribution is 5.72. The van der Waals surface area contributed by atoms with Crippen molar-refractivity contribution in [1.82, 2.24) is 9.88 Å². The van der Waals surface area contributed by atoms with Gasteiger partial charge in [-0.15, -0.1) is 0 Å². The topological polar surface area (TPSA) is 46.6 Å². The molecule has 1 aliphatic heterocycles. The smallest absolute Gasteiger partial charge is 0.170 e. The van der Waals surface area contributed by atoms with Crippen molar-refractivity contribution in [3.8, 4) is 22.8 Å². The molecular weight excluding hydrogens is 338 g/mol. The number of para-hydroxylation sites is 1. The number of aromatic nitrogens is 1. The Bertz CT molecular complexity index is 923. The Morgan fingerprint density at radius 2 is 1.81 bits per heavy atom. The molecule has 0 atom stereocenters. The maximum Gasteiger partial charge on any atom is 0.170 e. The molecule has 5 nitrogen and oxygen atoms in total.